The third-order valence-electron chi connectivity index (χ3n) is 3.61. The normalized spacial score (nSPS) is 12.1. The SMILES string of the molecule is CCCC(=O)N(C)C(C)C(=O)c1ccc(C)c(C)c1. The number of amides is 1. The number of nitrogens with zero attached hydrogens (tertiary/aromatic N) is 1. The van der Waals surface area contributed by atoms with Gasteiger partial charge in [-0.15, -0.1) is 0 Å². The van der Waals surface area contributed by atoms with Crippen LogP contribution in [0.15, 0.2) is 18.2 Å². The molecule has 19 heavy (non-hydrogen) atoms. The lowest BCUT2D eigenvalue weighted by Crippen LogP contribution is -2.40. The molecule has 0 N–H and O–H groups in total. The number of ketones is 1. The minimum Gasteiger partial charge on any atom is -0.336 e. The number of rotatable bonds is 5. The zero-order valence-corrected chi connectivity index (χ0v) is 12.5. The number of likely N-dealkylation sites (N-methyl/N-ethyl adjacent to an activating group) is 1. The van der Waals surface area contributed by atoms with Crippen molar-refractivity contribution in [2.75, 3.05) is 7.05 Å². The number of hydrogen-bond donors (Lipinski definition) is 0. The monoisotopic (exact) mass is 261 g/mol. The molecule has 0 aliphatic heterocycles. The number of benzene rings is 1. The van der Waals surface area contributed by atoms with Gasteiger partial charge in [0, 0.05) is 19.0 Å². The minimum atomic E-state index is -0.416. The molecule has 1 unspecified atom stereocenters. The highest BCUT2D eigenvalue weighted by atomic mass is 16.2. The van der Waals surface area contributed by atoms with E-state index in [4.69, 9.17) is 0 Å². The van der Waals surface area contributed by atoms with Crippen LogP contribution in [-0.2, 0) is 4.79 Å². The Kier molecular flexibility index (Phi) is 5.28. The Morgan fingerprint density at radius 3 is 2.37 bits per heavy atom. The number of carbonyl (C=O) groups excluding carboxylic acids is 2. The number of Topliss-reactive ketones (excluding diaryl/α,β-unsaturated/α-hetero) is 1. The van der Waals surface area contributed by atoms with E-state index in [1.807, 2.05) is 39.0 Å². The van der Waals surface area contributed by atoms with E-state index in [1.165, 1.54) is 5.56 Å². The van der Waals surface area contributed by atoms with E-state index in [9.17, 15) is 9.59 Å². The molecule has 0 aromatic heterocycles. The first-order valence-electron chi connectivity index (χ1n) is 6.75. The molecule has 0 aliphatic carbocycles. The Bertz CT molecular complexity index is 480. The van der Waals surface area contributed by atoms with Gasteiger partial charge in [0.25, 0.3) is 0 Å². The van der Waals surface area contributed by atoms with E-state index < -0.39 is 6.04 Å². The standard InChI is InChI=1S/C16H23NO2/c1-6-7-15(18)17(5)13(4)16(19)14-9-8-11(2)12(3)10-14/h8-10,13H,6-7H2,1-5H3. The molecule has 0 aliphatic rings. The molecule has 0 heterocycles. The van der Waals surface area contributed by atoms with Crippen molar-refractivity contribution in [1.29, 1.82) is 0 Å². The molecule has 1 aromatic carbocycles. The second kappa shape index (κ2) is 6.50. The van der Waals surface area contributed by atoms with Crippen LogP contribution in [0.5, 0.6) is 0 Å². The maximum atomic E-state index is 12.4. The largest absolute Gasteiger partial charge is 0.336 e. The molecule has 3 heteroatoms. The quantitative estimate of drug-likeness (QED) is 0.764. The van der Waals surface area contributed by atoms with Crippen LogP contribution in [0.25, 0.3) is 0 Å². The third kappa shape index (κ3) is 3.66. The van der Waals surface area contributed by atoms with Crippen LogP contribution in [0.2, 0.25) is 0 Å². The van der Waals surface area contributed by atoms with Crippen LogP contribution >= 0.6 is 0 Å². The van der Waals surface area contributed by atoms with Gasteiger partial charge in [-0.3, -0.25) is 9.59 Å². The third-order valence-corrected chi connectivity index (χ3v) is 3.61. The first-order valence-corrected chi connectivity index (χ1v) is 6.75. The van der Waals surface area contributed by atoms with Crippen LogP contribution in [0, 0.1) is 13.8 Å². The predicted molar refractivity (Wildman–Crippen MR) is 77.4 cm³/mol. The lowest BCUT2D eigenvalue weighted by molar-refractivity contribution is -0.131. The fourth-order valence-corrected chi connectivity index (χ4v) is 1.92. The van der Waals surface area contributed by atoms with Crippen molar-refractivity contribution in [3.63, 3.8) is 0 Å². The predicted octanol–water partition coefficient (Wildman–Crippen LogP) is 3.13. The molecule has 1 rings (SSSR count). The molecule has 0 radical (unpaired) electrons. The highest BCUT2D eigenvalue weighted by molar-refractivity contribution is 6.01. The number of carbonyl (C=O) groups is 2. The van der Waals surface area contributed by atoms with E-state index in [0.29, 0.717) is 12.0 Å². The molecule has 1 amide bonds. The van der Waals surface area contributed by atoms with Crippen molar-refractivity contribution < 1.29 is 9.59 Å². The smallest absolute Gasteiger partial charge is 0.222 e. The number of aryl methyl sites for hydroxylation is 2. The fraction of sp³-hybridized carbons (Fsp3) is 0.500. The summed E-state index contributed by atoms with van der Waals surface area (Å²) in [5, 5.41) is 0. The summed E-state index contributed by atoms with van der Waals surface area (Å²) >= 11 is 0. The van der Waals surface area contributed by atoms with E-state index in [2.05, 4.69) is 0 Å². The molecule has 0 bridgehead atoms. The van der Waals surface area contributed by atoms with Gasteiger partial charge in [-0.05, 0) is 44.4 Å². The minimum absolute atomic E-state index is 0.00458. The molecular weight excluding hydrogens is 238 g/mol. The molecular formula is C16H23NO2. The second-order valence-corrected chi connectivity index (χ2v) is 5.09. The average molecular weight is 261 g/mol. The van der Waals surface area contributed by atoms with E-state index >= 15 is 0 Å². The lowest BCUT2D eigenvalue weighted by Gasteiger charge is -2.24. The van der Waals surface area contributed by atoms with Gasteiger partial charge < -0.3 is 4.90 Å². The van der Waals surface area contributed by atoms with Crippen LogP contribution in [-0.4, -0.2) is 29.7 Å². The summed E-state index contributed by atoms with van der Waals surface area (Å²) in [7, 11) is 1.70. The average Bonchev–Trinajstić information content (AvgIpc) is 2.39. The zero-order chi connectivity index (χ0) is 14.6. The summed E-state index contributed by atoms with van der Waals surface area (Å²) in [6.45, 7) is 7.75. The summed E-state index contributed by atoms with van der Waals surface area (Å²) in [4.78, 5) is 25.7. The summed E-state index contributed by atoms with van der Waals surface area (Å²) < 4.78 is 0. The van der Waals surface area contributed by atoms with Gasteiger partial charge in [0.1, 0.15) is 0 Å². The molecule has 104 valence electrons. The molecule has 0 saturated carbocycles. The van der Waals surface area contributed by atoms with E-state index in [1.54, 1.807) is 18.9 Å². The summed E-state index contributed by atoms with van der Waals surface area (Å²) in [5.74, 6) is 0.0160. The highest BCUT2D eigenvalue weighted by Crippen LogP contribution is 2.14. The van der Waals surface area contributed by atoms with Crippen LogP contribution in [0.3, 0.4) is 0 Å². The van der Waals surface area contributed by atoms with Gasteiger partial charge in [0.05, 0.1) is 6.04 Å². The summed E-state index contributed by atoms with van der Waals surface area (Å²) in [5.41, 5.74) is 2.94. The maximum absolute atomic E-state index is 12.4. The Morgan fingerprint density at radius 1 is 1.21 bits per heavy atom. The van der Waals surface area contributed by atoms with Crippen molar-refractivity contribution in [3.8, 4) is 0 Å². The molecule has 0 spiro atoms. The summed E-state index contributed by atoms with van der Waals surface area (Å²) in [6.07, 6.45) is 1.29. The Hall–Kier alpha value is -1.64. The maximum Gasteiger partial charge on any atom is 0.222 e. The van der Waals surface area contributed by atoms with Crippen molar-refractivity contribution in [1.82, 2.24) is 4.90 Å². The molecule has 3 nitrogen and oxygen atoms in total. The number of hydrogen-bond acceptors (Lipinski definition) is 2. The molecule has 1 aromatic rings. The topological polar surface area (TPSA) is 37.4 Å². The van der Waals surface area contributed by atoms with Gasteiger partial charge in [0.2, 0.25) is 5.91 Å². The molecule has 1 atom stereocenters. The van der Waals surface area contributed by atoms with Gasteiger partial charge in [-0.1, -0.05) is 19.1 Å². The lowest BCUT2D eigenvalue weighted by atomic mass is 9.99. The van der Waals surface area contributed by atoms with Crippen LogP contribution in [0.1, 0.15) is 48.2 Å². The highest BCUT2D eigenvalue weighted by Gasteiger charge is 2.23. The van der Waals surface area contributed by atoms with Gasteiger partial charge in [0.15, 0.2) is 5.78 Å². The van der Waals surface area contributed by atoms with Crippen molar-refractivity contribution in [3.05, 3.63) is 34.9 Å². The van der Waals surface area contributed by atoms with Crippen molar-refractivity contribution >= 4 is 11.7 Å². The fourth-order valence-electron chi connectivity index (χ4n) is 1.92. The molecule has 0 saturated heterocycles. The second-order valence-electron chi connectivity index (χ2n) is 5.09. The first-order chi connectivity index (χ1) is 8.88. The Balaban J connectivity index is 2.87. The van der Waals surface area contributed by atoms with Crippen molar-refractivity contribution in [2.45, 2.75) is 46.6 Å². The van der Waals surface area contributed by atoms with Gasteiger partial charge in [-0.25, -0.2) is 0 Å². The van der Waals surface area contributed by atoms with E-state index in [0.717, 1.165) is 12.0 Å². The van der Waals surface area contributed by atoms with E-state index in [-0.39, 0.29) is 11.7 Å². The van der Waals surface area contributed by atoms with Crippen LogP contribution in [0.4, 0.5) is 0 Å². The summed E-state index contributed by atoms with van der Waals surface area (Å²) in [6, 6.07) is 5.26. The zero-order valence-electron chi connectivity index (χ0n) is 12.5. The van der Waals surface area contributed by atoms with Crippen LogP contribution < -0.4 is 0 Å². The van der Waals surface area contributed by atoms with Crippen molar-refractivity contribution in [2.24, 2.45) is 0 Å². The molecule has 0 fully saturated rings. The van der Waals surface area contributed by atoms with Gasteiger partial charge in [-0.2, -0.15) is 0 Å². The Labute approximate surface area is 115 Å². The first kappa shape index (κ1) is 15.4. The van der Waals surface area contributed by atoms with Gasteiger partial charge >= 0.3 is 0 Å². The Morgan fingerprint density at radius 2 is 1.84 bits per heavy atom.